The Kier molecular flexibility index (Phi) is 11.4. The van der Waals surface area contributed by atoms with Gasteiger partial charge in [-0.3, -0.25) is 20.0 Å². The lowest BCUT2D eigenvalue weighted by molar-refractivity contribution is 0.320. The Morgan fingerprint density at radius 1 is 0.671 bits per heavy atom. The minimum absolute atomic E-state index is 0.674. The van der Waals surface area contributed by atoms with Crippen molar-refractivity contribution in [2.45, 2.75) is 19.9 Å². The zero-order valence-electron chi connectivity index (χ0n) is 39.5. The minimum Gasteiger partial charge on any atom is -0.354 e. The molecule has 1 saturated heterocycles. The van der Waals surface area contributed by atoms with E-state index in [2.05, 4.69) is 119 Å². The summed E-state index contributed by atoms with van der Waals surface area (Å²) in [6.07, 6.45) is 8.73. The summed E-state index contributed by atoms with van der Waals surface area (Å²) in [7, 11) is 0. The Hall–Kier alpha value is -8.76. The molecule has 354 valence electrons. The zero-order valence-corrected chi connectivity index (χ0v) is 41.2. The molecule has 0 radical (unpaired) electrons. The number of fused-ring (bicyclic) bond motifs is 4. The molecule has 15 heteroatoms. The number of pyridine rings is 4. The number of likely N-dealkylation sites (tertiary alicyclic amines) is 1. The van der Waals surface area contributed by atoms with Gasteiger partial charge in [0.25, 0.3) is 0 Å². The summed E-state index contributed by atoms with van der Waals surface area (Å²) in [5, 5.41) is 17.0. The molecular weight excluding hydrogens is 943 g/mol. The second-order valence-electron chi connectivity index (χ2n) is 18.4. The van der Waals surface area contributed by atoms with Gasteiger partial charge in [0.05, 0.1) is 56.2 Å². The van der Waals surface area contributed by atoms with Crippen LogP contribution in [-0.4, -0.2) is 68.1 Å². The number of hydrogen-bond donors (Lipinski definition) is 4. The lowest BCUT2D eigenvalue weighted by atomic mass is 10.1. The highest BCUT2D eigenvalue weighted by Crippen LogP contribution is 2.35. The maximum absolute atomic E-state index is 4.97. The molecular formula is C58H45N13S2. The number of nitrogens with zero attached hydrogens (tertiary/aromatic N) is 9. The average molecular weight is 988 g/mol. The van der Waals surface area contributed by atoms with E-state index in [1.165, 1.54) is 21.7 Å². The Morgan fingerprint density at radius 3 is 2.10 bits per heavy atom. The molecule has 2 aliphatic rings. The number of rotatable bonds is 11. The number of hydrogen-bond acceptors (Lipinski definition) is 12. The van der Waals surface area contributed by atoms with Crippen molar-refractivity contribution >= 4 is 72.9 Å². The first-order chi connectivity index (χ1) is 35.9. The van der Waals surface area contributed by atoms with E-state index in [-0.39, 0.29) is 0 Å². The fraction of sp³-hybridized carbons (Fsp3) is 0.103. The van der Waals surface area contributed by atoms with E-state index < -0.39 is 0 Å². The number of para-hydroxylation sites is 2. The molecule has 9 aromatic heterocycles. The molecule has 0 amide bonds. The molecule has 12 aromatic rings. The van der Waals surface area contributed by atoms with Gasteiger partial charge < -0.3 is 15.3 Å². The van der Waals surface area contributed by atoms with Crippen LogP contribution in [0.4, 0.5) is 5.69 Å². The van der Waals surface area contributed by atoms with Gasteiger partial charge in [0.15, 0.2) is 17.3 Å². The summed E-state index contributed by atoms with van der Waals surface area (Å²) in [6.45, 7) is 9.75. The molecule has 73 heavy (non-hydrogen) atoms. The Bertz CT molecular complexity index is 4140. The van der Waals surface area contributed by atoms with E-state index in [4.69, 9.17) is 24.9 Å². The molecule has 1 fully saturated rings. The van der Waals surface area contributed by atoms with E-state index >= 15 is 0 Å². The van der Waals surface area contributed by atoms with Gasteiger partial charge in [0.2, 0.25) is 0 Å². The van der Waals surface area contributed by atoms with Crippen LogP contribution in [0.5, 0.6) is 0 Å². The fourth-order valence-electron chi connectivity index (χ4n) is 9.61. The Labute approximate surface area is 426 Å². The monoisotopic (exact) mass is 987 g/mol. The van der Waals surface area contributed by atoms with E-state index in [9.17, 15) is 0 Å². The minimum atomic E-state index is 0.674. The number of H-pyrrole nitrogens is 3. The summed E-state index contributed by atoms with van der Waals surface area (Å²) in [5.74, 6) is 2.21. The SMILES string of the molecule is C=C(Nc1cncc(-c2ccc3[nH]nc(-c4nc5c(-c6cccs6)cccc5[nH]4)c3n2)c1)c1ccccc1.CC1CCN(Cc2cncc(-c3ccc4c(n3)=C(c3nc5c(-c6cccs6)cccc5[nH]3)N=4)c2)C1. The fourth-order valence-corrected chi connectivity index (χ4v) is 11.1. The molecule has 0 saturated carbocycles. The van der Waals surface area contributed by atoms with Crippen LogP contribution in [0.2, 0.25) is 0 Å². The number of anilines is 1. The zero-order chi connectivity index (χ0) is 48.8. The van der Waals surface area contributed by atoms with Crippen LogP contribution in [0, 0.1) is 5.92 Å². The van der Waals surface area contributed by atoms with Gasteiger partial charge in [-0.2, -0.15) is 5.10 Å². The van der Waals surface area contributed by atoms with Crippen molar-refractivity contribution < 1.29 is 0 Å². The number of aromatic nitrogens is 10. The normalized spacial score (nSPS) is 14.2. The number of aromatic amines is 3. The third kappa shape index (κ3) is 8.69. The molecule has 0 bridgehead atoms. The predicted molar refractivity (Wildman–Crippen MR) is 294 cm³/mol. The molecule has 14 rings (SSSR count). The standard InChI is InChI=1S/C30H21N7S.C28H24N6S/c1-18(19-7-3-2-4-8-19)32-21-15-20(16-31-17-21)23-12-13-25-28(33-23)29(37-36-25)30-34-24-10-5-9-22(27(24)35-30)26-11-6-14-38-26;1-17-9-10-34(15-17)16-18-12-19(14-29-13-18)21-7-8-23-26(30-21)27(31-23)28-32-22-5-2-4-20(25(22)33-28)24-6-3-11-35-24/h2-17,32H,1H2,(H,34,35)(H,36,37);2-8,11-14,17H,9-10,15-16H2,1H3,(H,32,33). The van der Waals surface area contributed by atoms with Crippen molar-refractivity contribution in [3.63, 3.8) is 0 Å². The van der Waals surface area contributed by atoms with Crippen LogP contribution in [0.15, 0.2) is 175 Å². The molecule has 11 heterocycles. The average Bonchev–Trinajstić information content (AvgIpc) is 4.29. The molecule has 1 atom stereocenters. The number of imidazole rings is 2. The largest absolute Gasteiger partial charge is 0.354 e. The van der Waals surface area contributed by atoms with E-state index in [0.29, 0.717) is 11.5 Å². The quantitative estimate of drug-likeness (QED) is 0.0987. The first-order valence-corrected chi connectivity index (χ1v) is 25.8. The maximum atomic E-state index is 4.97. The van der Waals surface area contributed by atoms with Crippen LogP contribution < -0.4 is 16.0 Å². The molecule has 3 aromatic carbocycles. The first-order valence-electron chi connectivity index (χ1n) is 24.1. The highest BCUT2D eigenvalue weighted by atomic mass is 32.1. The van der Waals surface area contributed by atoms with Crippen molar-refractivity contribution in [3.8, 4) is 54.9 Å². The number of thiophene rings is 2. The van der Waals surface area contributed by atoms with Gasteiger partial charge in [-0.1, -0.05) is 80.2 Å². The molecule has 1 unspecified atom stereocenters. The summed E-state index contributed by atoms with van der Waals surface area (Å²) < 4.78 is 0. The first kappa shape index (κ1) is 44.2. The van der Waals surface area contributed by atoms with Crippen LogP contribution in [-0.2, 0) is 6.54 Å². The van der Waals surface area contributed by atoms with Gasteiger partial charge in [0, 0.05) is 69.4 Å². The van der Waals surface area contributed by atoms with Crippen LogP contribution in [0.3, 0.4) is 0 Å². The van der Waals surface area contributed by atoms with Crippen molar-refractivity contribution in [1.29, 1.82) is 0 Å². The summed E-state index contributed by atoms with van der Waals surface area (Å²) in [4.78, 5) is 45.3. The van der Waals surface area contributed by atoms with Gasteiger partial charge in [0.1, 0.15) is 16.6 Å². The lowest BCUT2D eigenvalue weighted by Crippen LogP contribution is -2.38. The van der Waals surface area contributed by atoms with E-state index in [0.717, 1.165) is 131 Å². The van der Waals surface area contributed by atoms with Gasteiger partial charge in [-0.05, 0) is 101 Å². The molecule has 0 spiro atoms. The summed E-state index contributed by atoms with van der Waals surface area (Å²) in [6, 6.07) is 43.0. The van der Waals surface area contributed by atoms with Crippen LogP contribution in [0.1, 0.15) is 30.3 Å². The van der Waals surface area contributed by atoms with Crippen LogP contribution >= 0.6 is 22.7 Å². The highest BCUT2D eigenvalue weighted by Gasteiger charge is 2.22. The Morgan fingerprint density at radius 2 is 1.37 bits per heavy atom. The van der Waals surface area contributed by atoms with Crippen molar-refractivity contribution in [2.75, 3.05) is 18.4 Å². The topological polar surface area (TPSA) is 165 Å². The van der Waals surface area contributed by atoms with E-state index in [1.54, 1.807) is 35.1 Å². The molecule has 13 nitrogen and oxygen atoms in total. The number of nitrogens with one attached hydrogen (secondary N) is 4. The van der Waals surface area contributed by atoms with Gasteiger partial charge >= 0.3 is 0 Å². The third-order valence-corrected chi connectivity index (χ3v) is 15.0. The van der Waals surface area contributed by atoms with Gasteiger partial charge in [-0.15, -0.1) is 22.7 Å². The second kappa shape index (κ2) is 18.8. The number of benzene rings is 3. The van der Waals surface area contributed by atoms with Crippen molar-refractivity contribution in [1.82, 2.24) is 55.0 Å². The lowest BCUT2D eigenvalue weighted by Gasteiger charge is -2.15. The molecule has 2 aliphatic heterocycles. The summed E-state index contributed by atoms with van der Waals surface area (Å²) >= 11 is 3.42. The van der Waals surface area contributed by atoms with Crippen LogP contribution in [0.25, 0.3) is 99.4 Å². The van der Waals surface area contributed by atoms with Crippen molar-refractivity contribution in [3.05, 3.63) is 197 Å². The third-order valence-electron chi connectivity index (χ3n) is 13.2. The maximum Gasteiger partial charge on any atom is 0.161 e. The Balaban J connectivity index is 0.000000142. The smallest absolute Gasteiger partial charge is 0.161 e. The molecule has 4 N–H and O–H groups in total. The van der Waals surface area contributed by atoms with E-state index in [1.807, 2.05) is 85.2 Å². The predicted octanol–water partition coefficient (Wildman–Crippen LogP) is 11.8. The summed E-state index contributed by atoms with van der Waals surface area (Å²) in [5.41, 5.74) is 16.7. The van der Waals surface area contributed by atoms with Gasteiger partial charge in [-0.25, -0.2) is 24.9 Å². The second-order valence-corrected chi connectivity index (χ2v) is 20.3. The highest BCUT2D eigenvalue weighted by molar-refractivity contribution is 7.14. The van der Waals surface area contributed by atoms with Crippen molar-refractivity contribution in [2.24, 2.45) is 10.9 Å². The molecule has 0 aliphatic carbocycles.